The molecule has 3 nitrogen and oxygen atoms in total. The lowest BCUT2D eigenvalue weighted by atomic mass is 10.1. The monoisotopic (exact) mass is 251 g/mol. The van der Waals surface area contributed by atoms with Crippen LogP contribution < -0.4 is 0 Å². The van der Waals surface area contributed by atoms with E-state index in [0.717, 1.165) is 11.3 Å². The van der Waals surface area contributed by atoms with Crippen molar-refractivity contribution in [1.29, 1.82) is 0 Å². The van der Waals surface area contributed by atoms with E-state index < -0.39 is 6.10 Å². The maximum absolute atomic E-state index is 11.7. The van der Waals surface area contributed by atoms with E-state index in [1.165, 1.54) is 0 Å². The van der Waals surface area contributed by atoms with Crippen LogP contribution in [-0.2, 0) is 4.79 Å². The molecule has 0 aromatic heterocycles. The topological polar surface area (TPSA) is 40.5 Å². The number of thiol groups is 1. The Labute approximate surface area is 107 Å². The van der Waals surface area contributed by atoms with Gasteiger partial charge in [0.1, 0.15) is 0 Å². The Morgan fingerprint density at radius 1 is 1.41 bits per heavy atom. The second-order valence-corrected chi connectivity index (χ2v) is 4.84. The maximum atomic E-state index is 11.7. The average molecular weight is 251 g/mol. The molecule has 1 heterocycles. The van der Waals surface area contributed by atoms with Gasteiger partial charge in [-0.1, -0.05) is 30.3 Å². The summed E-state index contributed by atoms with van der Waals surface area (Å²) in [6.45, 7) is 1.10. The molecule has 2 unspecified atom stereocenters. The number of carbonyl (C=O) groups excluding carboxylic acids is 1. The Balaban J connectivity index is 1.95. The number of hydrogen-bond donors (Lipinski definition) is 2. The summed E-state index contributed by atoms with van der Waals surface area (Å²) in [6.07, 6.45) is -0.0378. The Kier molecular flexibility index (Phi) is 4.07. The maximum Gasteiger partial charge on any atom is 0.223 e. The van der Waals surface area contributed by atoms with Crippen molar-refractivity contribution in [3.05, 3.63) is 35.9 Å². The minimum Gasteiger partial charge on any atom is -0.387 e. The fourth-order valence-electron chi connectivity index (χ4n) is 2.14. The van der Waals surface area contributed by atoms with Crippen LogP contribution in [0.5, 0.6) is 0 Å². The molecule has 1 aliphatic heterocycles. The van der Waals surface area contributed by atoms with Crippen molar-refractivity contribution in [1.82, 2.24) is 4.90 Å². The molecule has 1 fully saturated rings. The van der Waals surface area contributed by atoms with E-state index in [4.69, 9.17) is 0 Å². The third-order valence-electron chi connectivity index (χ3n) is 3.13. The molecule has 2 rings (SSSR count). The molecule has 2 atom stereocenters. The molecular formula is C13H17NO2S. The highest BCUT2D eigenvalue weighted by Gasteiger charge is 2.29. The van der Waals surface area contributed by atoms with Crippen LogP contribution in [0.15, 0.2) is 30.3 Å². The van der Waals surface area contributed by atoms with Gasteiger partial charge in [-0.2, -0.15) is 12.6 Å². The highest BCUT2D eigenvalue weighted by Crippen LogP contribution is 2.22. The lowest BCUT2D eigenvalue weighted by Crippen LogP contribution is -2.30. The molecule has 92 valence electrons. The molecule has 1 aliphatic rings. The number of likely N-dealkylation sites (tertiary alicyclic amines) is 1. The molecule has 0 bridgehead atoms. The lowest BCUT2D eigenvalue weighted by Gasteiger charge is -2.20. The van der Waals surface area contributed by atoms with Crippen LogP contribution in [0.4, 0.5) is 0 Å². The SMILES string of the molecule is O=C1CC(CS)CN1CC(O)c1ccccc1. The van der Waals surface area contributed by atoms with Crippen LogP contribution in [0.1, 0.15) is 18.1 Å². The van der Waals surface area contributed by atoms with Crippen LogP contribution in [0, 0.1) is 5.92 Å². The minimum absolute atomic E-state index is 0.124. The van der Waals surface area contributed by atoms with Crippen molar-refractivity contribution in [2.45, 2.75) is 12.5 Å². The summed E-state index contributed by atoms with van der Waals surface area (Å²) in [5.74, 6) is 1.18. The number of rotatable bonds is 4. The van der Waals surface area contributed by atoms with Crippen molar-refractivity contribution in [3.63, 3.8) is 0 Å². The molecular weight excluding hydrogens is 234 g/mol. The van der Waals surface area contributed by atoms with Crippen molar-refractivity contribution >= 4 is 18.5 Å². The summed E-state index contributed by atoms with van der Waals surface area (Å²) < 4.78 is 0. The number of aliphatic hydroxyl groups is 1. The minimum atomic E-state index is -0.598. The summed E-state index contributed by atoms with van der Waals surface area (Å²) in [5.41, 5.74) is 0.856. The van der Waals surface area contributed by atoms with E-state index in [-0.39, 0.29) is 5.91 Å². The van der Waals surface area contributed by atoms with Gasteiger partial charge in [-0.3, -0.25) is 4.79 Å². The molecule has 1 aromatic rings. The molecule has 0 saturated carbocycles. The zero-order chi connectivity index (χ0) is 12.3. The van der Waals surface area contributed by atoms with Gasteiger partial charge >= 0.3 is 0 Å². The molecule has 1 amide bonds. The van der Waals surface area contributed by atoms with Crippen LogP contribution in [0.3, 0.4) is 0 Å². The zero-order valence-electron chi connectivity index (χ0n) is 9.62. The van der Waals surface area contributed by atoms with Gasteiger partial charge in [0.2, 0.25) is 5.91 Å². The number of carbonyl (C=O) groups is 1. The standard InChI is InChI=1S/C13H17NO2S/c15-12(11-4-2-1-3-5-11)8-14-7-10(9-17)6-13(14)16/h1-5,10,12,15,17H,6-9H2. The number of hydrogen-bond acceptors (Lipinski definition) is 3. The third-order valence-corrected chi connectivity index (χ3v) is 3.65. The van der Waals surface area contributed by atoms with Crippen LogP contribution in [-0.4, -0.2) is 34.8 Å². The molecule has 0 spiro atoms. The molecule has 0 aliphatic carbocycles. The van der Waals surface area contributed by atoms with Crippen molar-refractivity contribution in [2.75, 3.05) is 18.8 Å². The number of benzene rings is 1. The van der Waals surface area contributed by atoms with E-state index in [1.807, 2.05) is 30.3 Å². The Bertz CT molecular complexity index is 382. The Morgan fingerprint density at radius 3 is 2.71 bits per heavy atom. The van der Waals surface area contributed by atoms with Gasteiger partial charge < -0.3 is 10.0 Å². The first-order valence-corrected chi connectivity index (χ1v) is 6.45. The summed E-state index contributed by atoms with van der Waals surface area (Å²) in [7, 11) is 0. The van der Waals surface area contributed by atoms with Gasteiger partial charge in [-0.05, 0) is 17.2 Å². The molecule has 1 N–H and O–H groups in total. The summed E-state index contributed by atoms with van der Waals surface area (Å²) in [4.78, 5) is 13.4. The predicted molar refractivity (Wildman–Crippen MR) is 69.9 cm³/mol. The molecule has 1 saturated heterocycles. The van der Waals surface area contributed by atoms with Gasteiger partial charge in [0.15, 0.2) is 0 Å². The number of β-amino-alcohol motifs (C(OH)–C–C–N with tert-alkyl or cyclic N) is 1. The molecule has 1 aromatic carbocycles. The summed E-state index contributed by atoms with van der Waals surface area (Å²) in [6, 6.07) is 9.44. The van der Waals surface area contributed by atoms with Crippen molar-refractivity contribution < 1.29 is 9.90 Å². The van der Waals surface area contributed by atoms with Gasteiger partial charge in [0.05, 0.1) is 12.6 Å². The zero-order valence-corrected chi connectivity index (χ0v) is 10.5. The summed E-state index contributed by atoms with van der Waals surface area (Å²) in [5, 5.41) is 10.0. The molecule has 0 radical (unpaired) electrons. The van der Waals surface area contributed by atoms with Crippen molar-refractivity contribution in [3.8, 4) is 0 Å². The van der Waals surface area contributed by atoms with E-state index >= 15 is 0 Å². The quantitative estimate of drug-likeness (QED) is 0.796. The second-order valence-electron chi connectivity index (χ2n) is 4.48. The van der Waals surface area contributed by atoms with E-state index in [0.29, 0.717) is 25.4 Å². The first-order valence-electron chi connectivity index (χ1n) is 5.82. The fourth-order valence-corrected chi connectivity index (χ4v) is 2.39. The lowest BCUT2D eigenvalue weighted by molar-refractivity contribution is -0.128. The van der Waals surface area contributed by atoms with Gasteiger partial charge in [0, 0.05) is 13.0 Å². The third kappa shape index (κ3) is 3.01. The van der Waals surface area contributed by atoms with Crippen LogP contribution in [0.2, 0.25) is 0 Å². The Hall–Kier alpha value is -1.00. The molecule has 4 heteroatoms. The number of nitrogens with zero attached hydrogens (tertiary/aromatic N) is 1. The van der Waals surface area contributed by atoms with Crippen LogP contribution >= 0.6 is 12.6 Å². The van der Waals surface area contributed by atoms with Gasteiger partial charge in [-0.15, -0.1) is 0 Å². The number of aliphatic hydroxyl groups excluding tert-OH is 1. The smallest absolute Gasteiger partial charge is 0.223 e. The fraction of sp³-hybridized carbons (Fsp3) is 0.462. The number of amides is 1. The molecule has 17 heavy (non-hydrogen) atoms. The van der Waals surface area contributed by atoms with Crippen molar-refractivity contribution in [2.24, 2.45) is 5.92 Å². The van der Waals surface area contributed by atoms with E-state index in [1.54, 1.807) is 4.90 Å². The van der Waals surface area contributed by atoms with Gasteiger partial charge in [0.25, 0.3) is 0 Å². The summed E-state index contributed by atoms with van der Waals surface area (Å²) >= 11 is 4.22. The Morgan fingerprint density at radius 2 is 2.12 bits per heavy atom. The largest absolute Gasteiger partial charge is 0.387 e. The first kappa shape index (κ1) is 12.5. The van der Waals surface area contributed by atoms with E-state index in [9.17, 15) is 9.90 Å². The predicted octanol–water partition coefficient (Wildman–Crippen LogP) is 1.50. The highest BCUT2D eigenvalue weighted by atomic mass is 32.1. The second kappa shape index (κ2) is 5.56. The average Bonchev–Trinajstić information content (AvgIpc) is 2.71. The van der Waals surface area contributed by atoms with Crippen LogP contribution in [0.25, 0.3) is 0 Å². The highest BCUT2D eigenvalue weighted by molar-refractivity contribution is 7.80. The van der Waals surface area contributed by atoms with Gasteiger partial charge in [-0.25, -0.2) is 0 Å². The normalized spacial score (nSPS) is 21.9. The van der Waals surface area contributed by atoms with E-state index in [2.05, 4.69) is 12.6 Å². The first-order chi connectivity index (χ1) is 8.20.